The summed E-state index contributed by atoms with van der Waals surface area (Å²) in [6, 6.07) is 0. The summed E-state index contributed by atoms with van der Waals surface area (Å²) in [5.41, 5.74) is 0. The highest BCUT2D eigenvalue weighted by Crippen LogP contribution is 2.36. The first kappa shape index (κ1) is 12.6. The van der Waals surface area contributed by atoms with Gasteiger partial charge in [-0.25, -0.2) is 0 Å². The first-order valence-electron chi connectivity index (χ1n) is 5.50. The fraction of sp³-hybridized carbons (Fsp3) is 0.667. The van der Waals surface area contributed by atoms with Crippen LogP contribution in [0.3, 0.4) is 0 Å². The van der Waals surface area contributed by atoms with Gasteiger partial charge in [0.1, 0.15) is 0 Å². The van der Waals surface area contributed by atoms with E-state index in [1.807, 2.05) is 6.92 Å². The van der Waals surface area contributed by atoms with Crippen LogP contribution in [-0.4, -0.2) is 23.5 Å². The number of rotatable bonds is 4. The second kappa shape index (κ2) is 5.55. The maximum atomic E-state index is 11.7. The van der Waals surface area contributed by atoms with Gasteiger partial charge in [0, 0.05) is 13.0 Å². The van der Waals surface area contributed by atoms with Crippen LogP contribution in [0.15, 0.2) is 0 Å². The number of amides is 1. The van der Waals surface area contributed by atoms with Crippen LogP contribution in [0.25, 0.3) is 0 Å². The second-order valence-corrected chi connectivity index (χ2v) is 4.37. The molecule has 0 saturated heterocycles. The molecule has 0 aromatic rings. The van der Waals surface area contributed by atoms with Crippen molar-refractivity contribution in [2.75, 3.05) is 6.54 Å². The first-order valence-corrected chi connectivity index (χ1v) is 5.50. The number of carboxylic acids is 1. The van der Waals surface area contributed by atoms with Crippen molar-refractivity contribution in [3.05, 3.63) is 0 Å². The Hall–Kier alpha value is -1.50. The van der Waals surface area contributed by atoms with Gasteiger partial charge in [0.25, 0.3) is 0 Å². The number of carbonyl (C=O) groups is 2. The van der Waals surface area contributed by atoms with E-state index in [0.29, 0.717) is 31.7 Å². The first-order chi connectivity index (χ1) is 7.56. The van der Waals surface area contributed by atoms with Crippen molar-refractivity contribution in [1.29, 1.82) is 0 Å². The molecule has 0 aromatic heterocycles. The van der Waals surface area contributed by atoms with E-state index in [0.717, 1.165) is 0 Å². The average molecular weight is 223 g/mol. The number of carbonyl (C=O) groups excluding carboxylic acids is 1. The lowest BCUT2D eigenvalue weighted by atomic mass is 9.95. The highest BCUT2D eigenvalue weighted by atomic mass is 16.4. The molecule has 1 amide bonds. The minimum Gasteiger partial charge on any atom is -0.481 e. The molecule has 16 heavy (non-hydrogen) atoms. The Labute approximate surface area is 95.4 Å². The van der Waals surface area contributed by atoms with Crippen molar-refractivity contribution >= 4 is 11.9 Å². The predicted molar refractivity (Wildman–Crippen MR) is 59.5 cm³/mol. The summed E-state index contributed by atoms with van der Waals surface area (Å²) >= 11 is 0. The lowest BCUT2D eigenvalue weighted by Crippen LogP contribution is -2.35. The Bertz CT molecular complexity index is 319. The predicted octanol–water partition coefficient (Wildman–Crippen LogP) is 0.873. The molecule has 3 atom stereocenters. The number of hydrogen-bond acceptors (Lipinski definition) is 2. The molecule has 0 bridgehead atoms. The quantitative estimate of drug-likeness (QED) is 0.549. The fourth-order valence-electron chi connectivity index (χ4n) is 2.24. The third-order valence-corrected chi connectivity index (χ3v) is 3.02. The van der Waals surface area contributed by atoms with Gasteiger partial charge in [-0.1, -0.05) is 6.92 Å². The van der Waals surface area contributed by atoms with Gasteiger partial charge >= 0.3 is 5.97 Å². The van der Waals surface area contributed by atoms with Crippen molar-refractivity contribution < 1.29 is 14.7 Å². The summed E-state index contributed by atoms with van der Waals surface area (Å²) in [5, 5.41) is 11.7. The van der Waals surface area contributed by atoms with E-state index in [1.54, 1.807) is 0 Å². The average Bonchev–Trinajstić information content (AvgIpc) is 2.61. The van der Waals surface area contributed by atoms with Crippen LogP contribution < -0.4 is 5.32 Å². The van der Waals surface area contributed by atoms with Crippen LogP contribution in [0.2, 0.25) is 0 Å². The summed E-state index contributed by atoms with van der Waals surface area (Å²) in [4.78, 5) is 22.7. The largest absolute Gasteiger partial charge is 0.481 e. The molecule has 0 spiro atoms. The van der Waals surface area contributed by atoms with Gasteiger partial charge in [0.05, 0.1) is 11.8 Å². The van der Waals surface area contributed by atoms with Gasteiger partial charge in [0.15, 0.2) is 0 Å². The Morgan fingerprint density at radius 1 is 1.44 bits per heavy atom. The van der Waals surface area contributed by atoms with E-state index in [4.69, 9.17) is 11.5 Å². The summed E-state index contributed by atoms with van der Waals surface area (Å²) < 4.78 is 0. The van der Waals surface area contributed by atoms with Crippen LogP contribution in [0.4, 0.5) is 0 Å². The van der Waals surface area contributed by atoms with Crippen molar-refractivity contribution in [3.63, 3.8) is 0 Å². The summed E-state index contributed by atoms with van der Waals surface area (Å²) in [6.07, 6.45) is 6.79. The standard InChI is InChI=1S/C12H17NO3/c1-3-4-5-13-11(14)9-6-8(2)7-10(9)12(15)16/h1,8-10H,4-7H2,2H3,(H,13,14)(H,15,16)/t8?,9-,10+/m0/s1. The van der Waals surface area contributed by atoms with Gasteiger partial charge in [0.2, 0.25) is 5.91 Å². The summed E-state index contributed by atoms with van der Waals surface area (Å²) in [5.74, 6) is 0.735. The number of terminal acetylenes is 1. The summed E-state index contributed by atoms with van der Waals surface area (Å²) in [6.45, 7) is 2.40. The molecular formula is C12H17NO3. The number of aliphatic carboxylic acids is 1. The molecule has 0 heterocycles. The molecule has 1 unspecified atom stereocenters. The van der Waals surface area contributed by atoms with Crippen LogP contribution in [0.1, 0.15) is 26.2 Å². The molecule has 0 radical (unpaired) electrons. The Morgan fingerprint density at radius 2 is 2.06 bits per heavy atom. The topological polar surface area (TPSA) is 66.4 Å². The fourth-order valence-corrected chi connectivity index (χ4v) is 2.24. The van der Waals surface area contributed by atoms with Crippen molar-refractivity contribution in [3.8, 4) is 12.3 Å². The van der Waals surface area contributed by atoms with Crippen molar-refractivity contribution in [2.45, 2.75) is 26.2 Å². The highest BCUT2D eigenvalue weighted by molar-refractivity contribution is 5.85. The molecule has 0 aromatic carbocycles. The molecule has 0 aliphatic heterocycles. The number of nitrogens with one attached hydrogen (secondary N) is 1. The third-order valence-electron chi connectivity index (χ3n) is 3.02. The van der Waals surface area contributed by atoms with Crippen LogP contribution >= 0.6 is 0 Å². The van der Waals surface area contributed by atoms with Gasteiger partial charge in [-0.05, 0) is 18.8 Å². The minimum absolute atomic E-state index is 0.174. The zero-order valence-corrected chi connectivity index (χ0v) is 9.40. The van der Waals surface area contributed by atoms with Gasteiger partial charge in [-0.2, -0.15) is 0 Å². The zero-order chi connectivity index (χ0) is 12.1. The lowest BCUT2D eigenvalue weighted by molar-refractivity contribution is -0.146. The molecule has 1 aliphatic rings. The lowest BCUT2D eigenvalue weighted by Gasteiger charge is -2.14. The molecule has 1 fully saturated rings. The minimum atomic E-state index is -0.874. The third kappa shape index (κ3) is 2.99. The Balaban J connectivity index is 2.54. The van der Waals surface area contributed by atoms with Crippen molar-refractivity contribution in [1.82, 2.24) is 5.32 Å². The normalized spacial score (nSPS) is 28.4. The van der Waals surface area contributed by atoms with E-state index in [2.05, 4.69) is 11.2 Å². The van der Waals surface area contributed by atoms with E-state index < -0.39 is 17.8 Å². The molecule has 1 rings (SSSR count). The van der Waals surface area contributed by atoms with E-state index in [-0.39, 0.29) is 5.91 Å². The SMILES string of the molecule is C#CCCNC(=O)[C@H]1CC(C)C[C@H]1C(=O)O. The van der Waals surface area contributed by atoms with Gasteiger partial charge in [-0.15, -0.1) is 12.3 Å². The molecule has 4 nitrogen and oxygen atoms in total. The van der Waals surface area contributed by atoms with Crippen LogP contribution in [0.5, 0.6) is 0 Å². The molecule has 88 valence electrons. The van der Waals surface area contributed by atoms with Gasteiger partial charge < -0.3 is 10.4 Å². The zero-order valence-electron chi connectivity index (χ0n) is 9.40. The Kier molecular flexibility index (Phi) is 4.36. The monoisotopic (exact) mass is 223 g/mol. The van der Waals surface area contributed by atoms with E-state index in [9.17, 15) is 9.59 Å². The number of hydrogen-bond donors (Lipinski definition) is 2. The second-order valence-electron chi connectivity index (χ2n) is 4.37. The molecule has 2 N–H and O–H groups in total. The van der Waals surface area contributed by atoms with Crippen LogP contribution in [-0.2, 0) is 9.59 Å². The molecule has 4 heteroatoms. The smallest absolute Gasteiger partial charge is 0.307 e. The molecule has 1 aliphatic carbocycles. The maximum absolute atomic E-state index is 11.7. The van der Waals surface area contributed by atoms with E-state index >= 15 is 0 Å². The highest BCUT2D eigenvalue weighted by Gasteiger charge is 2.40. The van der Waals surface area contributed by atoms with Crippen molar-refractivity contribution in [2.24, 2.45) is 17.8 Å². The molecule has 1 saturated carbocycles. The summed E-state index contributed by atoms with van der Waals surface area (Å²) in [7, 11) is 0. The van der Waals surface area contributed by atoms with Crippen LogP contribution in [0, 0.1) is 30.1 Å². The maximum Gasteiger partial charge on any atom is 0.307 e. The van der Waals surface area contributed by atoms with Gasteiger partial charge in [-0.3, -0.25) is 9.59 Å². The molecular weight excluding hydrogens is 206 g/mol. The Morgan fingerprint density at radius 3 is 2.62 bits per heavy atom. The van der Waals surface area contributed by atoms with E-state index in [1.165, 1.54) is 0 Å². The number of carboxylic acid groups (broad SMARTS) is 1.